The molecule has 3 rings (SSSR count). The Kier molecular flexibility index (Phi) is 7.40. The van der Waals surface area contributed by atoms with Crippen LogP contribution >= 0.6 is 0 Å². The van der Waals surface area contributed by atoms with Crippen LogP contribution in [0.3, 0.4) is 0 Å². The number of halogens is 2. The Morgan fingerprint density at radius 3 is 2.12 bits per heavy atom. The summed E-state index contributed by atoms with van der Waals surface area (Å²) in [7, 11) is 0. The minimum atomic E-state index is -0.459. The second-order valence-corrected chi connectivity index (χ2v) is 7.65. The number of ketones is 1. The maximum atomic E-state index is 14.3. The molecule has 2 aromatic rings. The normalized spacial score (nSPS) is 13.6. The van der Waals surface area contributed by atoms with Crippen LogP contribution in [0.2, 0.25) is 0 Å². The van der Waals surface area contributed by atoms with Crippen LogP contribution in [0, 0.1) is 18.6 Å². The van der Waals surface area contributed by atoms with Gasteiger partial charge in [0.05, 0.1) is 5.69 Å². The molecule has 1 aliphatic heterocycles. The van der Waals surface area contributed by atoms with Gasteiger partial charge in [-0.15, -0.1) is 0 Å². The van der Waals surface area contributed by atoms with Crippen LogP contribution in [0.15, 0.2) is 36.4 Å². The summed E-state index contributed by atoms with van der Waals surface area (Å²) in [5.41, 5.74) is 1.41. The number of carbonyl (C=O) groups is 3. The predicted molar refractivity (Wildman–Crippen MR) is 117 cm³/mol. The highest BCUT2D eigenvalue weighted by atomic mass is 19.1. The Morgan fingerprint density at radius 1 is 0.875 bits per heavy atom. The van der Waals surface area contributed by atoms with Crippen LogP contribution in [0.1, 0.15) is 33.2 Å². The molecule has 0 bridgehead atoms. The van der Waals surface area contributed by atoms with E-state index in [1.54, 1.807) is 30.0 Å². The first kappa shape index (κ1) is 23.2. The third-order valence-electron chi connectivity index (χ3n) is 5.38. The number of nitrogens with zero attached hydrogens (tertiary/aromatic N) is 2. The van der Waals surface area contributed by atoms with Gasteiger partial charge in [-0.25, -0.2) is 13.6 Å². The number of benzene rings is 2. The van der Waals surface area contributed by atoms with Gasteiger partial charge in [-0.05, 0) is 49.7 Å². The number of hydrogen-bond acceptors (Lipinski definition) is 4. The minimum absolute atomic E-state index is 0.195. The largest absolute Gasteiger partial charge is 0.366 e. The molecule has 0 unspecified atom stereocenters. The van der Waals surface area contributed by atoms with Gasteiger partial charge in [0.2, 0.25) is 0 Å². The summed E-state index contributed by atoms with van der Waals surface area (Å²) in [5.74, 6) is -1.51. The average Bonchev–Trinajstić information content (AvgIpc) is 2.78. The molecule has 0 aliphatic carbocycles. The summed E-state index contributed by atoms with van der Waals surface area (Å²) in [4.78, 5) is 39.2. The Morgan fingerprint density at radius 2 is 1.50 bits per heavy atom. The van der Waals surface area contributed by atoms with Crippen molar-refractivity contribution >= 4 is 23.4 Å². The van der Waals surface area contributed by atoms with Crippen molar-refractivity contribution in [2.45, 2.75) is 13.8 Å². The molecule has 170 valence electrons. The van der Waals surface area contributed by atoms with Gasteiger partial charge in [0.15, 0.2) is 5.78 Å². The van der Waals surface area contributed by atoms with Gasteiger partial charge in [-0.3, -0.25) is 9.59 Å². The fourth-order valence-corrected chi connectivity index (χ4v) is 3.43. The molecule has 2 N–H and O–H groups in total. The highest BCUT2D eigenvalue weighted by molar-refractivity contribution is 5.94. The quantitative estimate of drug-likeness (QED) is 0.530. The molecule has 0 radical (unpaired) electrons. The van der Waals surface area contributed by atoms with E-state index in [4.69, 9.17) is 0 Å². The standard InChI is InChI=1S/C23H26F2N4O3/c1-15-3-4-18(14-19(15)24)22(31)26-7-8-27-23(32)29-11-9-28(10-12-29)21-6-5-17(16(2)30)13-20(21)25/h3-6,13-14H,7-12H2,1-2H3,(H,26,31)(H,27,32). The van der Waals surface area contributed by atoms with E-state index in [1.165, 1.54) is 25.1 Å². The molecule has 0 saturated carbocycles. The number of nitrogens with one attached hydrogen (secondary N) is 2. The lowest BCUT2D eigenvalue weighted by atomic mass is 10.1. The molecule has 32 heavy (non-hydrogen) atoms. The molecule has 7 nitrogen and oxygen atoms in total. The topological polar surface area (TPSA) is 81.8 Å². The number of rotatable bonds is 6. The average molecular weight is 444 g/mol. The second kappa shape index (κ2) is 10.2. The van der Waals surface area contributed by atoms with Crippen molar-refractivity contribution in [1.82, 2.24) is 15.5 Å². The molecule has 0 spiro atoms. The second-order valence-electron chi connectivity index (χ2n) is 7.65. The van der Waals surface area contributed by atoms with E-state index >= 15 is 0 Å². The van der Waals surface area contributed by atoms with Crippen LogP contribution in [-0.4, -0.2) is 61.9 Å². The van der Waals surface area contributed by atoms with Crippen molar-refractivity contribution in [2.75, 3.05) is 44.2 Å². The van der Waals surface area contributed by atoms with E-state index in [0.717, 1.165) is 0 Å². The van der Waals surface area contributed by atoms with E-state index in [2.05, 4.69) is 10.6 Å². The maximum absolute atomic E-state index is 14.3. The number of Topliss-reactive ketones (excluding diaryl/α,β-unsaturated/α-hetero) is 1. The molecule has 1 saturated heterocycles. The fraction of sp³-hybridized carbons (Fsp3) is 0.348. The lowest BCUT2D eigenvalue weighted by Crippen LogP contribution is -2.52. The van der Waals surface area contributed by atoms with Gasteiger partial charge in [0.25, 0.3) is 5.91 Å². The van der Waals surface area contributed by atoms with E-state index in [0.29, 0.717) is 43.0 Å². The van der Waals surface area contributed by atoms with Crippen LogP contribution in [0.25, 0.3) is 0 Å². The predicted octanol–water partition coefficient (Wildman–Crippen LogP) is 2.74. The molecular weight excluding hydrogens is 418 g/mol. The number of urea groups is 1. The first-order chi connectivity index (χ1) is 15.3. The van der Waals surface area contributed by atoms with E-state index in [9.17, 15) is 23.2 Å². The number of amides is 3. The van der Waals surface area contributed by atoms with Crippen LogP contribution in [-0.2, 0) is 0 Å². The summed E-state index contributed by atoms with van der Waals surface area (Å²) in [6.07, 6.45) is 0. The van der Waals surface area contributed by atoms with Gasteiger partial charge >= 0.3 is 6.03 Å². The van der Waals surface area contributed by atoms with Gasteiger partial charge < -0.3 is 20.4 Å². The van der Waals surface area contributed by atoms with Crippen molar-refractivity contribution in [3.63, 3.8) is 0 Å². The first-order valence-electron chi connectivity index (χ1n) is 10.4. The molecule has 0 atom stereocenters. The van der Waals surface area contributed by atoms with Crippen LogP contribution < -0.4 is 15.5 Å². The van der Waals surface area contributed by atoms with Crippen molar-refractivity contribution < 1.29 is 23.2 Å². The summed E-state index contributed by atoms with van der Waals surface area (Å²) < 4.78 is 27.9. The zero-order valence-corrected chi connectivity index (χ0v) is 18.1. The Balaban J connectivity index is 1.41. The lowest BCUT2D eigenvalue weighted by Gasteiger charge is -2.36. The van der Waals surface area contributed by atoms with Gasteiger partial charge in [-0.2, -0.15) is 0 Å². The molecule has 3 amide bonds. The molecule has 1 heterocycles. The van der Waals surface area contributed by atoms with Crippen molar-refractivity contribution in [1.29, 1.82) is 0 Å². The Bertz CT molecular complexity index is 1020. The molecule has 9 heteroatoms. The SMILES string of the molecule is CC(=O)c1ccc(N2CCN(C(=O)NCCNC(=O)c3ccc(C)c(F)c3)CC2)c(F)c1. The van der Waals surface area contributed by atoms with Crippen LogP contribution in [0.5, 0.6) is 0 Å². The fourth-order valence-electron chi connectivity index (χ4n) is 3.43. The van der Waals surface area contributed by atoms with E-state index < -0.39 is 17.5 Å². The summed E-state index contributed by atoms with van der Waals surface area (Å²) in [6, 6.07) is 8.41. The number of piperazine rings is 1. The third-order valence-corrected chi connectivity index (χ3v) is 5.38. The number of aryl methyl sites for hydroxylation is 1. The smallest absolute Gasteiger partial charge is 0.317 e. The molecular formula is C23H26F2N4O3. The maximum Gasteiger partial charge on any atom is 0.317 e. The first-order valence-corrected chi connectivity index (χ1v) is 10.4. The summed E-state index contributed by atoms with van der Waals surface area (Å²) >= 11 is 0. The van der Waals surface area contributed by atoms with Gasteiger partial charge in [-0.1, -0.05) is 6.07 Å². The summed E-state index contributed by atoms with van der Waals surface area (Å²) in [5, 5.41) is 5.37. The Labute approximate surface area is 185 Å². The van der Waals surface area contributed by atoms with Crippen molar-refractivity contribution in [3.8, 4) is 0 Å². The van der Waals surface area contributed by atoms with Crippen molar-refractivity contribution in [3.05, 3.63) is 64.7 Å². The minimum Gasteiger partial charge on any atom is -0.366 e. The molecule has 0 aromatic heterocycles. The number of anilines is 1. The zero-order chi connectivity index (χ0) is 23.3. The summed E-state index contributed by atoms with van der Waals surface area (Å²) in [6.45, 7) is 5.17. The van der Waals surface area contributed by atoms with E-state index in [1.807, 2.05) is 4.90 Å². The highest BCUT2D eigenvalue weighted by Crippen LogP contribution is 2.22. The highest BCUT2D eigenvalue weighted by Gasteiger charge is 2.23. The number of hydrogen-bond donors (Lipinski definition) is 2. The monoisotopic (exact) mass is 444 g/mol. The number of carbonyl (C=O) groups excluding carboxylic acids is 3. The lowest BCUT2D eigenvalue weighted by molar-refractivity contribution is 0.0952. The zero-order valence-electron chi connectivity index (χ0n) is 18.1. The van der Waals surface area contributed by atoms with E-state index in [-0.39, 0.29) is 30.5 Å². The van der Waals surface area contributed by atoms with Crippen molar-refractivity contribution in [2.24, 2.45) is 0 Å². The van der Waals surface area contributed by atoms with Gasteiger partial charge in [0, 0.05) is 50.4 Å². The molecule has 1 aliphatic rings. The van der Waals surface area contributed by atoms with Gasteiger partial charge in [0.1, 0.15) is 11.6 Å². The molecule has 2 aromatic carbocycles. The Hall–Kier alpha value is -3.49. The van der Waals surface area contributed by atoms with Crippen LogP contribution in [0.4, 0.5) is 19.3 Å². The molecule has 1 fully saturated rings. The third kappa shape index (κ3) is 5.60.